The lowest BCUT2D eigenvalue weighted by atomic mass is 9.96. The van der Waals surface area contributed by atoms with Gasteiger partial charge in [-0.05, 0) is 45.6 Å². The monoisotopic (exact) mass is 316 g/mol. The molecule has 0 bridgehead atoms. The first kappa shape index (κ1) is 17.5. The number of hydrogen-bond acceptors (Lipinski definition) is 2. The third-order valence-corrected chi connectivity index (χ3v) is 4.95. The van der Waals surface area contributed by atoms with Crippen LogP contribution in [-0.4, -0.2) is 34.8 Å². The van der Waals surface area contributed by atoms with Crippen molar-refractivity contribution in [3.63, 3.8) is 0 Å². The maximum Gasteiger partial charge on any atom is 0.245 e. The van der Waals surface area contributed by atoms with Gasteiger partial charge in [-0.3, -0.25) is 9.59 Å². The molecule has 0 unspecified atom stereocenters. The third-order valence-electron chi connectivity index (χ3n) is 4.95. The van der Waals surface area contributed by atoms with Crippen LogP contribution < -0.4 is 5.32 Å². The van der Waals surface area contributed by atoms with Crippen molar-refractivity contribution in [1.82, 2.24) is 10.2 Å². The molecule has 4 heteroatoms. The highest BCUT2D eigenvalue weighted by molar-refractivity contribution is 5.94. The maximum atomic E-state index is 12.6. The third kappa shape index (κ3) is 3.92. The minimum atomic E-state index is -0.717. The molecule has 4 nitrogen and oxygen atoms in total. The van der Waals surface area contributed by atoms with Gasteiger partial charge in [-0.15, -0.1) is 0 Å². The SMILES string of the molecule is CC[C@H](C)NC(=O)[C@]1(C)CCC(=O)N1CCc1ccc(C)cc1. The van der Waals surface area contributed by atoms with Crippen LogP contribution in [0.2, 0.25) is 0 Å². The molecule has 1 heterocycles. The average Bonchev–Trinajstić information content (AvgIpc) is 2.83. The summed E-state index contributed by atoms with van der Waals surface area (Å²) in [6.45, 7) is 8.58. The number of amides is 2. The molecule has 1 fully saturated rings. The first-order chi connectivity index (χ1) is 10.9. The number of nitrogens with zero attached hydrogens (tertiary/aromatic N) is 1. The molecule has 1 aromatic carbocycles. The molecule has 23 heavy (non-hydrogen) atoms. The smallest absolute Gasteiger partial charge is 0.245 e. The molecule has 1 aliphatic rings. The van der Waals surface area contributed by atoms with Gasteiger partial charge in [0.2, 0.25) is 11.8 Å². The maximum absolute atomic E-state index is 12.6. The summed E-state index contributed by atoms with van der Waals surface area (Å²) in [5, 5.41) is 3.04. The normalized spacial score (nSPS) is 22.3. The average molecular weight is 316 g/mol. The lowest BCUT2D eigenvalue weighted by Crippen LogP contribution is -2.56. The number of carbonyl (C=O) groups excluding carboxylic acids is 2. The van der Waals surface area contributed by atoms with Gasteiger partial charge in [0.05, 0.1) is 0 Å². The standard InChI is InChI=1S/C19H28N2O2/c1-5-15(3)20-18(23)19(4)12-10-17(22)21(19)13-11-16-8-6-14(2)7-9-16/h6-9,15H,5,10-13H2,1-4H3,(H,20,23)/t15-,19-/m0/s1. The molecule has 1 saturated heterocycles. The zero-order chi connectivity index (χ0) is 17.0. The molecule has 1 aromatic rings. The van der Waals surface area contributed by atoms with Crippen LogP contribution in [0.25, 0.3) is 0 Å². The van der Waals surface area contributed by atoms with Gasteiger partial charge in [-0.25, -0.2) is 0 Å². The van der Waals surface area contributed by atoms with Crippen LogP contribution in [0.3, 0.4) is 0 Å². The number of rotatable bonds is 6. The lowest BCUT2D eigenvalue weighted by Gasteiger charge is -2.35. The largest absolute Gasteiger partial charge is 0.352 e. The Morgan fingerprint density at radius 2 is 2.00 bits per heavy atom. The fraction of sp³-hybridized carbons (Fsp3) is 0.579. The van der Waals surface area contributed by atoms with E-state index in [2.05, 4.69) is 36.5 Å². The van der Waals surface area contributed by atoms with Gasteiger partial charge in [0, 0.05) is 19.0 Å². The van der Waals surface area contributed by atoms with Crippen molar-refractivity contribution in [2.24, 2.45) is 0 Å². The Bertz CT molecular complexity index is 567. The summed E-state index contributed by atoms with van der Waals surface area (Å²) in [5.74, 6) is 0.0560. The molecule has 2 atom stereocenters. The summed E-state index contributed by atoms with van der Waals surface area (Å²) in [6.07, 6.45) is 2.72. The fourth-order valence-corrected chi connectivity index (χ4v) is 2.98. The van der Waals surface area contributed by atoms with Gasteiger partial charge in [-0.1, -0.05) is 36.8 Å². The molecule has 1 aliphatic heterocycles. The Labute approximate surface area is 139 Å². The van der Waals surface area contributed by atoms with Crippen molar-refractivity contribution in [2.75, 3.05) is 6.54 Å². The molecule has 0 spiro atoms. The van der Waals surface area contributed by atoms with Crippen molar-refractivity contribution >= 4 is 11.8 Å². The van der Waals surface area contributed by atoms with E-state index in [4.69, 9.17) is 0 Å². The van der Waals surface area contributed by atoms with E-state index in [0.29, 0.717) is 19.4 Å². The van der Waals surface area contributed by atoms with Crippen molar-refractivity contribution in [3.05, 3.63) is 35.4 Å². The Morgan fingerprint density at radius 1 is 1.35 bits per heavy atom. The molecule has 0 aliphatic carbocycles. The fourth-order valence-electron chi connectivity index (χ4n) is 2.98. The number of benzene rings is 1. The van der Waals surface area contributed by atoms with Gasteiger partial charge >= 0.3 is 0 Å². The lowest BCUT2D eigenvalue weighted by molar-refractivity contribution is -0.140. The summed E-state index contributed by atoms with van der Waals surface area (Å²) in [4.78, 5) is 26.7. The predicted molar refractivity (Wildman–Crippen MR) is 92.1 cm³/mol. The number of nitrogens with one attached hydrogen (secondary N) is 1. The molecule has 2 amide bonds. The van der Waals surface area contributed by atoms with E-state index in [1.807, 2.05) is 20.8 Å². The first-order valence-electron chi connectivity index (χ1n) is 8.54. The van der Waals surface area contributed by atoms with Crippen molar-refractivity contribution < 1.29 is 9.59 Å². The highest BCUT2D eigenvalue weighted by Crippen LogP contribution is 2.30. The van der Waals surface area contributed by atoms with Crippen molar-refractivity contribution in [3.8, 4) is 0 Å². The molecule has 2 rings (SSSR count). The number of aryl methyl sites for hydroxylation is 1. The highest BCUT2D eigenvalue weighted by Gasteiger charge is 2.47. The molecule has 0 radical (unpaired) electrons. The van der Waals surface area contributed by atoms with Crippen LogP contribution >= 0.6 is 0 Å². The summed E-state index contributed by atoms with van der Waals surface area (Å²) in [7, 11) is 0. The van der Waals surface area contributed by atoms with Crippen LogP contribution in [0, 0.1) is 6.92 Å². The molecule has 1 N–H and O–H groups in total. The minimum Gasteiger partial charge on any atom is -0.352 e. The van der Waals surface area contributed by atoms with Crippen LogP contribution in [-0.2, 0) is 16.0 Å². The Balaban J connectivity index is 2.06. The highest BCUT2D eigenvalue weighted by atomic mass is 16.2. The minimum absolute atomic E-state index is 0.0263. The quantitative estimate of drug-likeness (QED) is 0.877. The van der Waals surface area contributed by atoms with E-state index in [9.17, 15) is 9.59 Å². The van der Waals surface area contributed by atoms with Gasteiger partial charge < -0.3 is 10.2 Å². The van der Waals surface area contributed by atoms with Crippen molar-refractivity contribution in [1.29, 1.82) is 0 Å². The molecule has 126 valence electrons. The number of hydrogen-bond donors (Lipinski definition) is 1. The Kier molecular flexibility index (Phi) is 5.45. The Hall–Kier alpha value is -1.84. The van der Waals surface area contributed by atoms with Crippen LogP contribution in [0.15, 0.2) is 24.3 Å². The zero-order valence-electron chi connectivity index (χ0n) is 14.7. The second-order valence-electron chi connectivity index (χ2n) is 6.84. The van der Waals surface area contributed by atoms with Crippen LogP contribution in [0.5, 0.6) is 0 Å². The first-order valence-corrected chi connectivity index (χ1v) is 8.54. The van der Waals surface area contributed by atoms with Gasteiger partial charge in [0.25, 0.3) is 0 Å². The van der Waals surface area contributed by atoms with E-state index in [0.717, 1.165) is 12.8 Å². The Morgan fingerprint density at radius 3 is 2.61 bits per heavy atom. The zero-order valence-corrected chi connectivity index (χ0v) is 14.7. The van der Waals surface area contributed by atoms with E-state index >= 15 is 0 Å². The van der Waals surface area contributed by atoms with E-state index in [1.54, 1.807) is 4.90 Å². The van der Waals surface area contributed by atoms with Crippen molar-refractivity contribution in [2.45, 2.75) is 65.0 Å². The molecule has 0 aromatic heterocycles. The van der Waals surface area contributed by atoms with Gasteiger partial charge in [0.1, 0.15) is 5.54 Å². The second kappa shape index (κ2) is 7.16. The topological polar surface area (TPSA) is 49.4 Å². The second-order valence-corrected chi connectivity index (χ2v) is 6.84. The van der Waals surface area contributed by atoms with E-state index in [-0.39, 0.29) is 17.9 Å². The van der Waals surface area contributed by atoms with E-state index < -0.39 is 5.54 Å². The summed E-state index contributed by atoms with van der Waals surface area (Å²) in [6, 6.07) is 8.47. The predicted octanol–water partition coefficient (Wildman–Crippen LogP) is 2.83. The molecular weight excluding hydrogens is 288 g/mol. The van der Waals surface area contributed by atoms with Crippen LogP contribution in [0.1, 0.15) is 51.2 Å². The molecular formula is C19H28N2O2. The van der Waals surface area contributed by atoms with Gasteiger partial charge in [-0.2, -0.15) is 0 Å². The molecule has 0 saturated carbocycles. The summed E-state index contributed by atoms with van der Waals surface area (Å²) >= 11 is 0. The van der Waals surface area contributed by atoms with Crippen LogP contribution in [0.4, 0.5) is 0 Å². The summed E-state index contributed by atoms with van der Waals surface area (Å²) in [5.41, 5.74) is 1.70. The number of likely N-dealkylation sites (tertiary alicyclic amines) is 1. The van der Waals surface area contributed by atoms with Gasteiger partial charge in [0.15, 0.2) is 0 Å². The van der Waals surface area contributed by atoms with E-state index in [1.165, 1.54) is 11.1 Å². The summed E-state index contributed by atoms with van der Waals surface area (Å²) < 4.78 is 0. The number of carbonyl (C=O) groups is 2.